The Balaban J connectivity index is 2.09. The van der Waals surface area contributed by atoms with E-state index in [1.165, 1.54) is 7.11 Å². The van der Waals surface area contributed by atoms with Crippen LogP contribution < -0.4 is 4.74 Å². The minimum Gasteiger partial charge on any atom is -0.496 e. The SMILES string of the molecule is COc1ccc(Br)cc1C(=O)c1c(C)[nH]c(-c2nnc(CCl)o2)c1C. The maximum Gasteiger partial charge on any atom is 0.264 e. The van der Waals surface area contributed by atoms with Crippen LogP contribution in [-0.2, 0) is 5.88 Å². The molecule has 2 aromatic heterocycles. The number of alkyl halides is 1. The van der Waals surface area contributed by atoms with E-state index in [4.69, 9.17) is 20.8 Å². The maximum absolute atomic E-state index is 13.1. The van der Waals surface area contributed by atoms with E-state index in [9.17, 15) is 4.79 Å². The van der Waals surface area contributed by atoms with Gasteiger partial charge in [0.05, 0.1) is 12.7 Å². The first-order valence-electron chi connectivity index (χ1n) is 7.42. The molecule has 3 aromatic rings. The molecule has 0 amide bonds. The molecular weight excluding hydrogens is 410 g/mol. The summed E-state index contributed by atoms with van der Waals surface area (Å²) in [6.07, 6.45) is 0. The molecule has 0 atom stereocenters. The number of rotatable bonds is 5. The van der Waals surface area contributed by atoms with Crippen molar-refractivity contribution >= 4 is 33.3 Å². The number of carbonyl (C=O) groups excluding carboxylic acids is 1. The molecule has 1 N–H and O–H groups in total. The number of nitrogens with one attached hydrogen (secondary N) is 1. The highest BCUT2D eigenvalue weighted by Crippen LogP contribution is 2.32. The molecule has 8 heteroatoms. The zero-order valence-corrected chi connectivity index (χ0v) is 16.2. The lowest BCUT2D eigenvalue weighted by Gasteiger charge is -2.09. The van der Waals surface area contributed by atoms with E-state index in [-0.39, 0.29) is 11.7 Å². The number of carbonyl (C=O) groups is 1. The van der Waals surface area contributed by atoms with Gasteiger partial charge >= 0.3 is 0 Å². The number of nitrogens with zero attached hydrogens (tertiary/aromatic N) is 2. The van der Waals surface area contributed by atoms with Gasteiger partial charge in [0.15, 0.2) is 5.78 Å². The number of aromatic nitrogens is 3. The summed E-state index contributed by atoms with van der Waals surface area (Å²) in [5.74, 6) is 1.12. The second-order valence-electron chi connectivity index (χ2n) is 5.43. The summed E-state index contributed by atoms with van der Waals surface area (Å²) in [5.41, 5.74) is 3.08. The summed E-state index contributed by atoms with van der Waals surface area (Å²) in [4.78, 5) is 16.3. The molecule has 1 aromatic carbocycles. The highest BCUT2D eigenvalue weighted by molar-refractivity contribution is 9.10. The summed E-state index contributed by atoms with van der Waals surface area (Å²) in [6.45, 7) is 3.66. The number of aryl methyl sites for hydroxylation is 1. The average Bonchev–Trinajstić information content (AvgIpc) is 3.18. The minimum absolute atomic E-state index is 0.132. The van der Waals surface area contributed by atoms with Gasteiger partial charge in [0.2, 0.25) is 5.89 Å². The fourth-order valence-electron chi connectivity index (χ4n) is 2.71. The third-order valence-electron chi connectivity index (χ3n) is 3.87. The summed E-state index contributed by atoms with van der Waals surface area (Å²) < 4.78 is 11.6. The molecule has 0 aliphatic heterocycles. The number of aromatic amines is 1. The van der Waals surface area contributed by atoms with Crippen molar-refractivity contribution in [2.75, 3.05) is 7.11 Å². The van der Waals surface area contributed by atoms with Crippen LogP contribution in [0.2, 0.25) is 0 Å². The van der Waals surface area contributed by atoms with Crippen molar-refractivity contribution in [3.63, 3.8) is 0 Å². The quantitative estimate of drug-likeness (QED) is 0.484. The van der Waals surface area contributed by atoms with Crippen LogP contribution in [0.3, 0.4) is 0 Å². The number of hydrogen-bond donors (Lipinski definition) is 1. The Morgan fingerprint density at radius 2 is 2.12 bits per heavy atom. The standard InChI is InChI=1S/C17H15BrClN3O3/c1-8-14(16(23)11-6-10(18)4-5-12(11)24-3)9(2)20-15(8)17-22-21-13(7-19)25-17/h4-6,20H,7H2,1-3H3. The van der Waals surface area contributed by atoms with Crippen LogP contribution in [0.25, 0.3) is 11.6 Å². The van der Waals surface area contributed by atoms with E-state index in [1.54, 1.807) is 12.1 Å². The molecule has 0 unspecified atom stereocenters. The van der Waals surface area contributed by atoms with Crippen LogP contribution in [0.5, 0.6) is 5.75 Å². The molecule has 0 aliphatic carbocycles. The van der Waals surface area contributed by atoms with Crippen LogP contribution in [0.4, 0.5) is 0 Å². The largest absolute Gasteiger partial charge is 0.496 e. The van der Waals surface area contributed by atoms with Gasteiger partial charge in [0, 0.05) is 15.7 Å². The molecule has 0 spiro atoms. The van der Waals surface area contributed by atoms with Crippen molar-refractivity contribution in [1.82, 2.24) is 15.2 Å². The second kappa shape index (κ2) is 7.01. The summed E-state index contributed by atoms with van der Waals surface area (Å²) in [5, 5.41) is 7.83. The lowest BCUT2D eigenvalue weighted by atomic mass is 9.99. The highest BCUT2D eigenvalue weighted by Gasteiger charge is 2.25. The predicted molar refractivity (Wildman–Crippen MR) is 97.2 cm³/mol. The first-order chi connectivity index (χ1) is 12.0. The lowest BCUT2D eigenvalue weighted by Crippen LogP contribution is -2.06. The van der Waals surface area contributed by atoms with Crippen molar-refractivity contribution in [3.05, 3.63) is 50.9 Å². The molecular formula is C17H15BrClN3O3. The van der Waals surface area contributed by atoms with E-state index in [2.05, 4.69) is 31.1 Å². The number of H-pyrrole nitrogens is 1. The first kappa shape index (κ1) is 17.7. The molecule has 0 fully saturated rings. The van der Waals surface area contributed by atoms with Crippen molar-refractivity contribution in [2.45, 2.75) is 19.7 Å². The molecule has 3 rings (SSSR count). The topological polar surface area (TPSA) is 81.0 Å². The molecule has 0 radical (unpaired) electrons. The molecule has 0 saturated heterocycles. The average molecular weight is 425 g/mol. The van der Waals surface area contributed by atoms with Gasteiger partial charge in [0.25, 0.3) is 5.89 Å². The van der Waals surface area contributed by atoms with E-state index in [0.29, 0.717) is 40.0 Å². The molecule has 2 heterocycles. The van der Waals surface area contributed by atoms with Gasteiger partial charge in [-0.3, -0.25) is 4.79 Å². The second-order valence-corrected chi connectivity index (χ2v) is 6.62. The van der Waals surface area contributed by atoms with Crippen molar-refractivity contribution < 1.29 is 13.9 Å². The zero-order valence-electron chi connectivity index (χ0n) is 13.8. The summed E-state index contributed by atoms with van der Waals surface area (Å²) in [7, 11) is 1.54. The lowest BCUT2D eigenvalue weighted by molar-refractivity contribution is 0.103. The maximum atomic E-state index is 13.1. The Kier molecular flexibility index (Phi) is 4.96. The Morgan fingerprint density at radius 1 is 1.36 bits per heavy atom. The smallest absolute Gasteiger partial charge is 0.264 e. The third-order valence-corrected chi connectivity index (χ3v) is 4.59. The third kappa shape index (κ3) is 3.21. The van der Waals surface area contributed by atoms with Gasteiger partial charge in [-0.15, -0.1) is 21.8 Å². The van der Waals surface area contributed by atoms with Gasteiger partial charge in [-0.05, 0) is 37.6 Å². The molecule has 6 nitrogen and oxygen atoms in total. The normalized spacial score (nSPS) is 10.9. The number of benzene rings is 1. The fraction of sp³-hybridized carbons (Fsp3) is 0.235. The van der Waals surface area contributed by atoms with Gasteiger partial charge in [-0.2, -0.15) is 0 Å². The van der Waals surface area contributed by atoms with Crippen LogP contribution in [0.1, 0.15) is 33.1 Å². The van der Waals surface area contributed by atoms with E-state index in [0.717, 1.165) is 10.0 Å². The Bertz CT molecular complexity index is 949. The molecule has 130 valence electrons. The number of hydrogen-bond acceptors (Lipinski definition) is 5. The minimum atomic E-state index is -0.146. The van der Waals surface area contributed by atoms with Gasteiger partial charge in [0.1, 0.15) is 17.3 Å². The van der Waals surface area contributed by atoms with E-state index < -0.39 is 0 Å². The van der Waals surface area contributed by atoms with Crippen LogP contribution in [0.15, 0.2) is 27.1 Å². The first-order valence-corrected chi connectivity index (χ1v) is 8.75. The van der Waals surface area contributed by atoms with E-state index >= 15 is 0 Å². The summed E-state index contributed by atoms with van der Waals surface area (Å²) in [6, 6.07) is 5.31. The Hall–Kier alpha value is -2.12. The molecule has 25 heavy (non-hydrogen) atoms. The van der Waals surface area contributed by atoms with Crippen molar-refractivity contribution in [2.24, 2.45) is 0 Å². The van der Waals surface area contributed by atoms with Crippen molar-refractivity contribution in [1.29, 1.82) is 0 Å². The number of halogens is 2. The zero-order chi connectivity index (χ0) is 18.1. The predicted octanol–water partition coefficient (Wildman–Crippen LogP) is 4.42. The van der Waals surface area contributed by atoms with Gasteiger partial charge in [-0.1, -0.05) is 15.9 Å². The van der Waals surface area contributed by atoms with Gasteiger partial charge in [-0.25, -0.2) is 0 Å². The molecule has 0 saturated carbocycles. The van der Waals surface area contributed by atoms with Crippen LogP contribution in [-0.4, -0.2) is 28.1 Å². The number of methoxy groups -OCH3 is 1. The Morgan fingerprint density at radius 3 is 2.76 bits per heavy atom. The molecule has 0 aliphatic rings. The van der Waals surface area contributed by atoms with Crippen LogP contribution >= 0.6 is 27.5 Å². The monoisotopic (exact) mass is 423 g/mol. The number of ketones is 1. The van der Waals surface area contributed by atoms with Crippen molar-refractivity contribution in [3.8, 4) is 17.3 Å². The van der Waals surface area contributed by atoms with Crippen LogP contribution in [0, 0.1) is 13.8 Å². The molecule has 0 bridgehead atoms. The summed E-state index contributed by atoms with van der Waals surface area (Å²) >= 11 is 9.10. The highest BCUT2D eigenvalue weighted by atomic mass is 79.9. The number of ether oxygens (including phenoxy) is 1. The fourth-order valence-corrected chi connectivity index (χ4v) is 3.17. The van der Waals surface area contributed by atoms with Gasteiger partial charge < -0.3 is 14.1 Å². The Labute approximate surface area is 157 Å². The van der Waals surface area contributed by atoms with E-state index in [1.807, 2.05) is 19.9 Å².